The van der Waals surface area contributed by atoms with E-state index in [1.165, 1.54) is 14.0 Å². The van der Waals surface area contributed by atoms with Gasteiger partial charge in [-0.05, 0) is 12.3 Å². The molecule has 1 N–H and O–H groups in total. The number of nitrogens with zero attached hydrogens (tertiary/aromatic N) is 1. The molecular weight excluding hydrogens is 248 g/mol. The van der Waals surface area contributed by atoms with Gasteiger partial charge >= 0.3 is 5.97 Å². The molecule has 0 bridgehead atoms. The van der Waals surface area contributed by atoms with E-state index in [0.717, 1.165) is 12.8 Å². The van der Waals surface area contributed by atoms with E-state index < -0.39 is 12.0 Å². The summed E-state index contributed by atoms with van der Waals surface area (Å²) >= 11 is 0. The molecule has 0 aromatic rings. The molecule has 1 heterocycles. The van der Waals surface area contributed by atoms with Gasteiger partial charge in [0.05, 0.1) is 13.7 Å². The first-order valence-electron chi connectivity index (χ1n) is 6.60. The molecule has 1 fully saturated rings. The highest BCUT2D eigenvalue weighted by molar-refractivity contribution is 5.85. The van der Waals surface area contributed by atoms with Crippen molar-refractivity contribution in [3.63, 3.8) is 0 Å². The molecule has 2 atom stereocenters. The van der Waals surface area contributed by atoms with Gasteiger partial charge in [-0.1, -0.05) is 13.3 Å². The highest BCUT2D eigenvalue weighted by Gasteiger charge is 2.32. The fraction of sp³-hybridized carbons (Fsp3) is 0.769. The maximum Gasteiger partial charge on any atom is 0.330 e. The Morgan fingerprint density at radius 2 is 2.21 bits per heavy atom. The number of amides is 2. The number of esters is 1. The predicted molar refractivity (Wildman–Crippen MR) is 69.2 cm³/mol. The molecule has 6 heteroatoms. The van der Waals surface area contributed by atoms with Gasteiger partial charge in [0, 0.05) is 19.9 Å². The van der Waals surface area contributed by atoms with Crippen molar-refractivity contribution < 1.29 is 19.1 Å². The van der Waals surface area contributed by atoms with Crippen LogP contribution in [-0.4, -0.2) is 48.9 Å². The number of carbonyl (C=O) groups is 3. The first kappa shape index (κ1) is 15.5. The van der Waals surface area contributed by atoms with E-state index >= 15 is 0 Å². The van der Waals surface area contributed by atoms with Crippen molar-refractivity contribution in [2.24, 2.45) is 5.92 Å². The summed E-state index contributed by atoms with van der Waals surface area (Å²) in [6.07, 6.45) is 2.57. The second kappa shape index (κ2) is 7.11. The van der Waals surface area contributed by atoms with Gasteiger partial charge in [0.25, 0.3) is 0 Å². The van der Waals surface area contributed by atoms with Crippen LogP contribution >= 0.6 is 0 Å². The van der Waals surface area contributed by atoms with Crippen molar-refractivity contribution in [1.29, 1.82) is 0 Å². The van der Waals surface area contributed by atoms with Gasteiger partial charge < -0.3 is 15.0 Å². The normalized spacial score (nSPS) is 20.3. The minimum atomic E-state index is -0.785. The summed E-state index contributed by atoms with van der Waals surface area (Å²) in [4.78, 5) is 36.1. The van der Waals surface area contributed by atoms with Gasteiger partial charge in [0.2, 0.25) is 11.8 Å². The zero-order chi connectivity index (χ0) is 14.4. The van der Waals surface area contributed by atoms with Crippen molar-refractivity contribution in [2.45, 2.75) is 39.2 Å². The topological polar surface area (TPSA) is 75.7 Å². The van der Waals surface area contributed by atoms with Crippen LogP contribution < -0.4 is 5.32 Å². The number of nitrogens with one attached hydrogen (secondary N) is 1. The Bertz CT molecular complexity index is 357. The molecule has 0 aliphatic carbocycles. The molecule has 0 spiro atoms. The quantitative estimate of drug-likeness (QED) is 0.705. The first-order valence-corrected chi connectivity index (χ1v) is 6.60. The summed E-state index contributed by atoms with van der Waals surface area (Å²) in [5.74, 6) is -0.445. The van der Waals surface area contributed by atoms with E-state index in [1.807, 2.05) is 0 Å². The lowest BCUT2D eigenvalue weighted by Gasteiger charge is -2.22. The van der Waals surface area contributed by atoms with Crippen LogP contribution in [0.25, 0.3) is 0 Å². The Kier molecular flexibility index (Phi) is 5.79. The molecule has 1 rings (SSSR count). The van der Waals surface area contributed by atoms with Crippen LogP contribution in [0.2, 0.25) is 0 Å². The Balaban J connectivity index is 2.61. The minimum absolute atomic E-state index is 0.0395. The van der Waals surface area contributed by atoms with Crippen LogP contribution in [0.1, 0.15) is 33.1 Å². The molecule has 1 saturated heterocycles. The lowest BCUT2D eigenvalue weighted by Crippen LogP contribution is -2.48. The van der Waals surface area contributed by atoms with Crippen LogP contribution in [0.15, 0.2) is 0 Å². The van der Waals surface area contributed by atoms with E-state index in [-0.39, 0.29) is 18.4 Å². The third-order valence-corrected chi connectivity index (χ3v) is 3.26. The molecule has 2 unspecified atom stereocenters. The molecule has 19 heavy (non-hydrogen) atoms. The van der Waals surface area contributed by atoms with E-state index in [1.54, 1.807) is 4.90 Å². The molecule has 0 saturated carbocycles. The SMILES string of the molecule is CCCC1CC(=O)N(CC(NC(C)=O)C(=O)OC)C1. The summed E-state index contributed by atoms with van der Waals surface area (Å²) in [7, 11) is 1.27. The van der Waals surface area contributed by atoms with E-state index in [0.29, 0.717) is 18.9 Å². The second-order valence-electron chi connectivity index (χ2n) is 4.93. The third kappa shape index (κ3) is 4.54. The number of carbonyl (C=O) groups excluding carboxylic acids is 3. The summed E-state index contributed by atoms with van der Waals surface area (Å²) in [6.45, 7) is 4.26. The van der Waals surface area contributed by atoms with Gasteiger partial charge in [0.15, 0.2) is 0 Å². The van der Waals surface area contributed by atoms with Crippen LogP contribution in [0.4, 0.5) is 0 Å². The van der Waals surface area contributed by atoms with Gasteiger partial charge in [-0.3, -0.25) is 9.59 Å². The van der Waals surface area contributed by atoms with Gasteiger partial charge in [0.1, 0.15) is 6.04 Å². The molecule has 1 aliphatic rings. The fourth-order valence-electron chi connectivity index (χ4n) is 2.42. The van der Waals surface area contributed by atoms with Crippen LogP contribution in [0.5, 0.6) is 0 Å². The van der Waals surface area contributed by atoms with Gasteiger partial charge in [-0.15, -0.1) is 0 Å². The summed E-state index contributed by atoms with van der Waals surface area (Å²) < 4.78 is 4.64. The molecule has 1 aliphatic heterocycles. The largest absolute Gasteiger partial charge is 0.467 e. The maximum atomic E-state index is 11.9. The van der Waals surface area contributed by atoms with E-state index in [2.05, 4.69) is 17.0 Å². The standard InChI is InChI=1S/C13H22N2O4/c1-4-5-10-6-12(17)15(7-10)8-11(13(18)19-3)14-9(2)16/h10-11H,4-8H2,1-3H3,(H,14,16). The first-order chi connectivity index (χ1) is 8.97. The Labute approximate surface area is 113 Å². The summed E-state index contributed by atoms with van der Waals surface area (Å²) in [5, 5.41) is 2.52. The molecule has 2 amide bonds. The molecule has 0 aromatic carbocycles. The monoisotopic (exact) mass is 270 g/mol. The average Bonchev–Trinajstić information content (AvgIpc) is 2.68. The zero-order valence-corrected chi connectivity index (χ0v) is 11.8. The van der Waals surface area contributed by atoms with Crippen molar-refractivity contribution in [3.8, 4) is 0 Å². The number of hydrogen-bond donors (Lipinski definition) is 1. The highest BCUT2D eigenvalue weighted by Crippen LogP contribution is 2.22. The molecule has 6 nitrogen and oxygen atoms in total. The summed E-state index contributed by atoms with van der Waals surface area (Å²) in [6, 6.07) is -0.785. The molecule has 0 aromatic heterocycles. The molecule has 108 valence electrons. The predicted octanol–water partition coefficient (Wildman–Crippen LogP) is 0.313. The number of rotatable bonds is 6. The Morgan fingerprint density at radius 3 is 2.74 bits per heavy atom. The number of ether oxygens (including phenoxy) is 1. The number of hydrogen-bond acceptors (Lipinski definition) is 4. The summed E-state index contributed by atoms with van der Waals surface area (Å²) in [5.41, 5.74) is 0. The van der Waals surface area contributed by atoms with Gasteiger partial charge in [-0.2, -0.15) is 0 Å². The van der Waals surface area contributed by atoms with Crippen LogP contribution in [0, 0.1) is 5.92 Å². The lowest BCUT2D eigenvalue weighted by atomic mass is 10.0. The lowest BCUT2D eigenvalue weighted by molar-refractivity contribution is -0.146. The highest BCUT2D eigenvalue weighted by atomic mass is 16.5. The maximum absolute atomic E-state index is 11.9. The van der Waals surface area contributed by atoms with Crippen molar-refractivity contribution >= 4 is 17.8 Å². The van der Waals surface area contributed by atoms with Crippen LogP contribution in [-0.2, 0) is 19.1 Å². The second-order valence-corrected chi connectivity index (χ2v) is 4.93. The van der Waals surface area contributed by atoms with Crippen molar-refractivity contribution in [1.82, 2.24) is 10.2 Å². The Hall–Kier alpha value is -1.59. The molecular formula is C13H22N2O4. The average molecular weight is 270 g/mol. The smallest absolute Gasteiger partial charge is 0.330 e. The van der Waals surface area contributed by atoms with Gasteiger partial charge in [-0.25, -0.2) is 4.79 Å². The Morgan fingerprint density at radius 1 is 1.53 bits per heavy atom. The van der Waals surface area contributed by atoms with E-state index in [4.69, 9.17) is 0 Å². The van der Waals surface area contributed by atoms with E-state index in [9.17, 15) is 14.4 Å². The third-order valence-electron chi connectivity index (χ3n) is 3.26. The number of likely N-dealkylation sites (tertiary alicyclic amines) is 1. The van der Waals surface area contributed by atoms with Crippen molar-refractivity contribution in [2.75, 3.05) is 20.2 Å². The van der Waals surface area contributed by atoms with Crippen molar-refractivity contribution in [3.05, 3.63) is 0 Å². The van der Waals surface area contributed by atoms with Crippen LogP contribution in [0.3, 0.4) is 0 Å². The fourth-order valence-corrected chi connectivity index (χ4v) is 2.42. The minimum Gasteiger partial charge on any atom is -0.467 e. The molecule has 0 radical (unpaired) electrons. The zero-order valence-electron chi connectivity index (χ0n) is 11.8. The number of methoxy groups -OCH3 is 1.